The molecule has 196 valence electrons. The zero-order valence-corrected chi connectivity index (χ0v) is 24.0. The molecule has 9 heteroatoms. The van der Waals surface area contributed by atoms with E-state index in [9.17, 15) is 29.4 Å². The van der Waals surface area contributed by atoms with E-state index < -0.39 is 23.9 Å². The molecule has 0 aliphatic rings. The minimum atomic E-state index is -1.36. The quantitative estimate of drug-likeness (QED) is 0.191. The first kappa shape index (κ1) is 34.6. The third-order valence-corrected chi connectivity index (χ3v) is 3.94. The van der Waals surface area contributed by atoms with Crippen LogP contribution < -0.4 is 19.7 Å². The van der Waals surface area contributed by atoms with Crippen LogP contribution in [0.5, 0.6) is 11.5 Å². The first-order valence-corrected chi connectivity index (χ1v) is 11.0. The monoisotopic (exact) mass is 632 g/mol. The number of carboxylic acids is 2. The van der Waals surface area contributed by atoms with Gasteiger partial charge in [0.25, 0.3) is 0 Å². The van der Waals surface area contributed by atoms with Crippen molar-refractivity contribution in [3.63, 3.8) is 0 Å². The Morgan fingerprint density at radius 1 is 0.538 bits per heavy atom. The molecule has 0 amide bonds. The van der Waals surface area contributed by atoms with Crippen LogP contribution in [0.4, 0.5) is 0 Å². The molecule has 0 aliphatic heterocycles. The molecule has 4 aromatic carbocycles. The van der Waals surface area contributed by atoms with Crippen molar-refractivity contribution in [3.05, 3.63) is 132 Å². The van der Waals surface area contributed by atoms with Crippen LogP contribution in [-0.4, -0.2) is 47.8 Å². The van der Waals surface area contributed by atoms with Crippen LogP contribution >= 0.6 is 0 Å². The zero-order chi connectivity index (χ0) is 28.2. The van der Waals surface area contributed by atoms with Gasteiger partial charge >= 0.3 is 35.8 Å². The summed E-state index contributed by atoms with van der Waals surface area (Å²) < 4.78 is 9.29. The van der Waals surface area contributed by atoms with E-state index in [0.29, 0.717) is 0 Å². The van der Waals surface area contributed by atoms with Crippen LogP contribution in [0.25, 0.3) is 0 Å². The van der Waals surface area contributed by atoms with Crippen molar-refractivity contribution in [1.82, 2.24) is 0 Å². The predicted molar refractivity (Wildman–Crippen MR) is 140 cm³/mol. The maximum Gasteiger partial charge on any atom is 2.00 e. The Morgan fingerprint density at radius 3 is 1.05 bits per heavy atom. The number of carboxylic acid groups (broad SMARTS) is 2. The topological polar surface area (TPSA) is 133 Å². The number of aromatic carboxylic acids is 2. The van der Waals surface area contributed by atoms with Crippen molar-refractivity contribution in [2.75, 3.05) is 0 Å². The zero-order valence-electron chi connectivity index (χ0n) is 21.2. The van der Waals surface area contributed by atoms with Crippen molar-refractivity contribution in [1.29, 1.82) is 0 Å². The second-order valence-corrected chi connectivity index (χ2v) is 6.91. The molecule has 0 aromatic heterocycles. The number of carbonyl (C=O) groups excluding carboxylic acids is 4. The number of benzene rings is 4. The maximum absolute atomic E-state index is 10.6. The fourth-order valence-electron chi connectivity index (χ4n) is 2.44. The SMILES string of the molecule is CC(=O)Oc1ccccc1C(=O)[O-].CC(=O)Oc1ccccc1C(=O)[O-].[Sn+2].[c]1ccccc1.[c]1ccccc1. The van der Waals surface area contributed by atoms with E-state index in [-0.39, 0.29) is 46.5 Å². The number of hydrogen-bond donors (Lipinski definition) is 0. The number of hydrogen-bond acceptors (Lipinski definition) is 8. The summed E-state index contributed by atoms with van der Waals surface area (Å²) in [5, 5.41) is 21.0. The van der Waals surface area contributed by atoms with Gasteiger partial charge in [-0.1, -0.05) is 84.9 Å². The minimum Gasteiger partial charge on any atom is -0.545 e. The summed E-state index contributed by atoms with van der Waals surface area (Å²) in [5.74, 6) is -3.83. The first-order valence-electron chi connectivity index (χ1n) is 11.0. The number of para-hydroxylation sites is 2. The summed E-state index contributed by atoms with van der Waals surface area (Å²) >= 11 is 0. The summed E-state index contributed by atoms with van der Waals surface area (Å²) in [7, 11) is 0. The van der Waals surface area contributed by atoms with Crippen molar-refractivity contribution >= 4 is 47.8 Å². The van der Waals surface area contributed by atoms with Crippen LogP contribution in [0.1, 0.15) is 34.6 Å². The van der Waals surface area contributed by atoms with Gasteiger partial charge in [-0.15, -0.1) is 0 Å². The van der Waals surface area contributed by atoms with Crippen molar-refractivity contribution in [2.24, 2.45) is 0 Å². The van der Waals surface area contributed by atoms with Crippen molar-refractivity contribution in [3.8, 4) is 11.5 Å². The Balaban J connectivity index is 0.000000518. The van der Waals surface area contributed by atoms with Crippen LogP contribution in [-0.2, 0) is 9.59 Å². The van der Waals surface area contributed by atoms with Gasteiger partial charge in [-0.3, -0.25) is 9.59 Å². The summed E-state index contributed by atoms with van der Waals surface area (Å²) in [6.45, 7) is 2.40. The first-order chi connectivity index (χ1) is 18.2. The van der Waals surface area contributed by atoms with Gasteiger partial charge in [0.1, 0.15) is 11.5 Å². The van der Waals surface area contributed by atoms with E-state index in [4.69, 9.17) is 0 Å². The molecule has 0 spiro atoms. The Kier molecular flexibility index (Phi) is 18.3. The smallest absolute Gasteiger partial charge is 0.545 e. The summed E-state index contributed by atoms with van der Waals surface area (Å²) in [6, 6.07) is 36.6. The van der Waals surface area contributed by atoms with E-state index in [1.807, 2.05) is 60.7 Å². The molecule has 0 heterocycles. The molecule has 0 fully saturated rings. The second-order valence-electron chi connectivity index (χ2n) is 6.91. The average Bonchev–Trinajstić information content (AvgIpc) is 2.91. The van der Waals surface area contributed by atoms with Gasteiger partial charge < -0.3 is 29.3 Å². The Labute approximate surface area is 243 Å². The molecule has 0 bridgehead atoms. The van der Waals surface area contributed by atoms with E-state index in [1.165, 1.54) is 50.2 Å². The molecular formula is C30H24O8Sn. The number of esters is 2. The van der Waals surface area contributed by atoms with Gasteiger partial charge in [-0.25, -0.2) is 0 Å². The molecule has 0 N–H and O–H groups in total. The molecule has 0 aliphatic carbocycles. The van der Waals surface area contributed by atoms with Crippen LogP contribution in [0, 0.1) is 12.1 Å². The van der Waals surface area contributed by atoms with E-state index in [0.717, 1.165) is 0 Å². The fraction of sp³-hybridized carbons (Fsp3) is 0.0667. The van der Waals surface area contributed by atoms with Crippen LogP contribution in [0.2, 0.25) is 0 Å². The third kappa shape index (κ3) is 16.1. The normalized spacial score (nSPS) is 8.67. The van der Waals surface area contributed by atoms with Crippen molar-refractivity contribution in [2.45, 2.75) is 13.8 Å². The van der Waals surface area contributed by atoms with E-state index in [1.54, 1.807) is 12.1 Å². The van der Waals surface area contributed by atoms with Gasteiger partial charge in [0.2, 0.25) is 0 Å². The fourth-order valence-corrected chi connectivity index (χ4v) is 2.44. The molecule has 0 atom stereocenters. The Hall–Kier alpha value is -4.44. The summed E-state index contributed by atoms with van der Waals surface area (Å²) in [4.78, 5) is 42.1. The average molecular weight is 631 g/mol. The molecule has 4 aromatic rings. The van der Waals surface area contributed by atoms with Gasteiger partial charge in [0, 0.05) is 25.0 Å². The van der Waals surface area contributed by atoms with Gasteiger partial charge in [-0.05, 0) is 36.4 Å². The van der Waals surface area contributed by atoms with E-state index >= 15 is 0 Å². The number of ether oxygens (including phenoxy) is 2. The largest absolute Gasteiger partial charge is 2.00 e. The molecule has 0 unspecified atom stereocenters. The van der Waals surface area contributed by atoms with Gasteiger partial charge in [0.15, 0.2) is 0 Å². The molecule has 39 heavy (non-hydrogen) atoms. The van der Waals surface area contributed by atoms with Gasteiger partial charge in [0.05, 0.1) is 11.9 Å². The minimum absolute atomic E-state index is 0. The molecular weight excluding hydrogens is 607 g/mol. The standard InChI is InChI=1S/2C9H8O4.2C6H5.Sn/c2*1-6(10)13-8-5-3-2-4-7(8)9(11)12;2*1-2-4-6-5-3-1;/h2*2-5H,1H3,(H,11,12);2*1-5H;/q;;;;+2/p-2. The third-order valence-electron chi connectivity index (χ3n) is 3.94. The Bertz CT molecular complexity index is 1120. The molecule has 0 saturated carbocycles. The van der Waals surface area contributed by atoms with Crippen LogP contribution in [0.15, 0.2) is 109 Å². The number of rotatable bonds is 4. The van der Waals surface area contributed by atoms with Crippen molar-refractivity contribution < 1.29 is 38.9 Å². The number of carbonyl (C=O) groups is 4. The van der Waals surface area contributed by atoms with Crippen LogP contribution in [0.3, 0.4) is 0 Å². The Morgan fingerprint density at radius 2 is 0.846 bits per heavy atom. The maximum atomic E-state index is 10.6. The predicted octanol–water partition coefficient (Wildman–Crippen LogP) is 2.54. The second kappa shape index (κ2) is 20.6. The molecule has 4 radical (unpaired) electrons. The molecule has 4 rings (SSSR count). The summed E-state index contributed by atoms with van der Waals surface area (Å²) in [5.41, 5.74) is -0.254. The summed E-state index contributed by atoms with van der Waals surface area (Å²) in [6.07, 6.45) is 0. The van der Waals surface area contributed by atoms with Gasteiger partial charge in [-0.2, -0.15) is 0 Å². The molecule has 8 nitrogen and oxygen atoms in total. The van der Waals surface area contributed by atoms with E-state index in [2.05, 4.69) is 21.6 Å². The molecule has 0 saturated heterocycles.